The Morgan fingerprint density at radius 1 is 0.222 bits per heavy atom. The Balaban J connectivity index is 0.000000130. The van der Waals surface area contributed by atoms with Crippen LogP contribution in [-0.4, -0.2) is 15.0 Å². The smallest absolute Gasteiger partial charge is 0.143 e. The Kier molecular flexibility index (Phi) is 12.4. The molecule has 0 spiro atoms. The third kappa shape index (κ3) is 8.66. The molecule has 0 aliphatic heterocycles. The number of aromatic nitrogens is 3. The first-order chi connectivity index (χ1) is 49.1. The number of para-hydroxylation sites is 3. The molecule has 0 unspecified atom stereocenters. The zero-order chi connectivity index (χ0) is 64.8. The first-order valence-electron chi connectivity index (χ1n) is 33.6. The predicted molar refractivity (Wildman–Crippen MR) is 424 cm³/mol. The maximum absolute atomic E-state index is 6.79. The van der Waals surface area contributed by atoms with Gasteiger partial charge in [0.2, 0.25) is 0 Å². The summed E-state index contributed by atoms with van der Waals surface area (Å²) in [7, 11) is 0. The molecule has 0 saturated heterocycles. The fourth-order valence-corrected chi connectivity index (χ4v) is 18.5. The molecule has 22 rings (SSSR count). The van der Waals surface area contributed by atoms with Gasteiger partial charge >= 0.3 is 0 Å². The quantitative estimate of drug-likeness (QED) is 0.161. The molecule has 6 aromatic heterocycles. The molecule has 0 amide bonds. The molecule has 0 aliphatic carbocycles. The molecule has 16 aromatic carbocycles. The zero-order valence-corrected chi connectivity index (χ0v) is 54.8. The second-order valence-corrected chi connectivity index (χ2v) is 28.0. The van der Waals surface area contributed by atoms with E-state index in [9.17, 15) is 0 Å². The molecular formula is C93H53N3OS2. The van der Waals surface area contributed by atoms with Crippen molar-refractivity contribution in [2.75, 3.05) is 0 Å². The molecule has 22 aromatic rings. The molecule has 0 atom stereocenters. The lowest BCUT2D eigenvalue weighted by Crippen LogP contribution is -1.93. The van der Waals surface area contributed by atoms with Gasteiger partial charge in [-0.05, 0) is 104 Å². The zero-order valence-electron chi connectivity index (χ0n) is 53.2. The van der Waals surface area contributed by atoms with Crippen LogP contribution in [0.25, 0.3) is 216 Å². The molecule has 0 aliphatic rings. The standard InChI is InChI=1S/C48H28N2S.C45H25NOS/c1-2-12-30(13-3-1)47-40-28-39(32-14-4-5-16-34(32)44(40)36-17-6-9-19-41(36)50-47)29-22-24-31(25-23-29)46-38-27-26-35-33-15-8-11-21-43(33)51-48(35)45(38)37-18-7-10-20-42(37)49-46;1-3-14-30-26(10-1)20-23-38-41(30)42-31-15-4-2-11-28(31)25-36(44(42)47-38)27-12-9-13-29(24-27)43-35-22-21-33-32-16-6-8-19-39(32)48-45(33)40(35)34-17-5-7-18-37(34)46-43/h1-28H;1-25H. The maximum atomic E-state index is 6.79. The van der Waals surface area contributed by atoms with Crippen LogP contribution in [0, 0.1) is 0 Å². The number of thiophene rings is 2. The van der Waals surface area contributed by atoms with Crippen molar-refractivity contribution >= 4 is 182 Å². The summed E-state index contributed by atoms with van der Waals surface area (Å²) < 4.78 is 12.0. The first-order valence-corrected chi connectivity index (χ1v) is 35.3. The minimum absolute atomic E-state index is 0.909. The number of hydrogen-bond donors (Lipinski definition) is 0. The van der Waals surface area contributed by atoms with E-state index >= 15 is 0 Å². The van der Waals surface area contributed by atoms with Crippen LogP contribution < -0.4 is 0 Å². The number of fused-ring (bicyclic) bond motifs is 26. The number of pyridine rings is 3. The Hall–Kier alpha value is -12.5. The monoisotopic (exact) mass is 1290 g/mol. The van der Waals surface area contributed by atoms with Gasteiger partial charge in [0.25, 0.3) is 0 Å². The van der Waals surface area contributed by atoms with Crippen LogP contribution >= 0.6 is 22.7 Å². The number of nitrogens with zero attached hydrogens (tertiary/aromatic N) is 3. The summed E-state index contributed by atoms with van der Waals surface area (Å²) in [5.41, 5.74) is 15.8. The fraction of sp³-hybridized carbons (Fsp3) is 0. The summed E-state index contributed by atoms with van der Waals surface area (Å²) in [5, 5.41) is 25.7. The summed E-state index contributed by atoms with van der Waals surface area (Å²) in [4.78, 5) is 15.9. The van der Waals surface area contributed by atoms with E-state index in [1.165, 1.54) is 138 Å². The summed E-state index contributed by atoms with van der Waals surface area (Å²) in [5.74, 6) is 0. The lowest BCUT2D eigenvalue weighted by Gasteiger charge is -2.16. The highest BCUT2D eigenvalue weighted by molar-refractivity contribution is 7.27. The molecule has 0 fully saturated rings. The SMILES string of the molecule is c1cc(-c2nc3ccccc3c3c2ccc2c4ccccc4sc23)cc(-c2cc3ccccc3c3c2oc2ccc4ccccc4c23)c1.c1ccc(-c2nc3ccccc3c3c2cc(-c2ccc(-c4nc5ccccc5c5c4ccc4c6ccccc6sc45)cc2)c2ccccc23)cc1. The van der Waals surface area contributed by atoms with Gasteiger partial charge in [-0.25, -0.2) is 15.0 Å². The van der Waals surface area contributed by atoms with E-state index in [4.69, 9.17) is 19.4 Å². The Morgan fingerprint density at radius 2 is 0.667 bits per heavy atom. The van der Waals surface area contributed by atoms with E-state index < -0.39 is 0 Å². The topological polar surface area (TPSA) is 51.8 Å². The van der Waals surface area contributed by atoms with E-state index in [0.29, 0.717) is 0 Å². The van der Waals surface area contributed by atoms with Crippen LogP contribution in [0.2, 0.25) is 0 Å². The second-order valence-electron chi connectivity index (χ2n) is 25.9. The molecule has 0 N–H and O–H groups in total. The van der Waals surface area contributed by atoms with Crippen LogP contribution in [0.3, 0.4) is 0 Å². The number of benzene rings is 16. The van der Waals surface area contributed by atoms with Gasteiger partial charge in [0.15, 0.2) is 0 Å². The molecular weight excluding hydrogens is 1240 g/mol. The Morgan fingerprint density at radius 3 is 1.29 bits per heavy atom. The Labute approximate surface area is 575 Å². The van der Waals surface area contributed by atoms with Gasteiger partial charge < -0.3 is 4.42 Å². The van der Waals surface area contributed by atoms with Crippen molar-refractivity contribution in [3.63, 3.8) is 0 Å². The molecule has 458 valence electrons. The van der Waals surface area contributed by atoms with Crippen molar-refractivity contribution in [2.24, 2.45) is 0 Å². The average molecular weight is 1290 g/mol. The van der Waals surface area contributed by atoms with E-state index in [1.807, 2.05) is 22.7 Å². The lowest BCUT2D eigenvalue weighted by atomic mass is 9.89. The van der Waals surface area contributed by atoms with Crippen molar-refractivity contribution in [1.82, 2.24) is 15.0 Å². The summed E-state index contributed by atoms with van der Waals surface area (Å²) >= 11 is 3.75. The van der Waals surface area contributed by atoms with Crippen molar-refractivity contribution in [2.45, 2.75) is 0 Å². The van der Waals surface area contributed by atoms with E-state index in [0.717, 1.165) is 78.0 Å². The fourth-order valence-electron chi connectivity index (χ4n) is 16.0. The van der Waals surface area contributed by atoms with Crippen LogP contribution in [0.5, 0.6) is 0 Å². The maximum Gasteiger partial charge on any atom is 0.143 e. The van der Waals surface area contributed by atoms with Crippen LogP contribution in [-0.2, 0) is 0 Å². The van der Waals surface area contributed by atoms with Crippen molar-refractivity contribution in [3.05, 3.63) is 322 Å². The van der Waals surface area contributed by atoms with Gasteiger partial charge in [-0.2, -0.15) is 0 Å². The highest BCUT2D eigenvalue weighted by Gasteiger charge is 2.23. The molecule has 6 heterocycles. The average Bonchev–Trinajstić information content (AvgIpc) is 1.62. The van der Waals surface area contributed by atoms with Crippen LogP contribution in [0.4, 0.5) is 0 Å². The van der Waals surface area contributed by atoms with Crippen molar-refractivity contribution in [3.8, 4) is 56.0 Å². The van der Waals surface area contributed by atoms with E-state index in [1.54, 1.807) is 0 Å². The van der Waals surface area contributed by atoms with Crippen LogP contribution in [0.15, 0.2) is 326 Å². The molecule has 6 heteroatoms. The summed E-state index contributed by atoms with van der Waals surface area (Å²) in [6.07, 6.45) is 0. The van der Waals surface area contributed by atoms with E-state index in [2.05, 4.69) is 322 Å². The highest BCUT2D eigenvalue weighted by atomic mass is 32.1. The van der Waals surface area contributed by atoms with Crippen molar-refractivity contribution in [1.29, 1.82) is 0 Å². The normalized spacial score (nSPS) is 12.0. The number of rotatable bonds is 5. The third-order valence-electron chi connectivity index (χ3n) is 20.4. The summed E-state index contributed by atoms with van der Waals surface area (Å²) in [6.45, 7) is 0. The Bertz CT molecular complexity index is 7170. The molecule has 0 bridgehead atoms. The second kappa shape index (κ2) is 22.0. The van der Waals surface area contributed by atoms with Gasteiger partial charge in [0.1, 0.15) is 11.2 Å². The number of hydrogen-bond acceptors (Lipinski definition) is 6. The van der Waals surface area contributed by atoms with Gasteiger partial charge in [0, 0.05) is 122 Å². The van der Waals surface area contributed by atoms with Crippen LogP contribution in [0.1, 0.15) is 0 Å². The molecule has 0 radical (unpaired) electrons. The van der Waals surface area contributed by atoms with E-state index in [-0.39, 0.29) is 0 Å². The first kappa shape index (κ1) is 55.8. The summed E-state index contributed by atoms with van der Waals surface area (Å²) in [6, 6.07) is 116. The van der Waals surface area contributed by atoms with Gasteiger partial charge in [-0.15, -0.1) is 22.7 Å². The molecule has 0 saturated carbocycles. The van der Waals surface area contributed by atoms with Gasteiger partial charge in [-0.1, -0.05) is 267 Å². The number of furan rings is 1. The largest absolute Gasteiger partial charge is 0.455 e. The highest BCUT2D eigenvalue weighted by Crippen LogP contribution is 2.49. The molecule has 4 nitrogen and oxygen atoms in total. The third-order valence-corrected chi connectivity index (χ3v) is 22.8. The minimum Gasteiger partial charge on any atom is -0.455 e. The van der Waals surface area contributed by atoms with Crippen molar-refractivity contribution < 1.29 is 4.42 Å². The molecule has 99 heavy (non-hydrogen) atoms. The van der Waals surface area contributed by atoms with Gasteiger partial charge in [-0.3, -0.25) is 0 Å². The van der Waals surface area contributed by atoms with Gasteiger partial charge in [0.05, 0.1) is 33.6 Å². The minimum atomic E-state index is 0.909. The predicted octanol–water partition coefficient (Wildman–Crippen LogP) is 26.9. The lowest BCUT2D eigenvalue weighted by molar-refractivity contribution is 0.670.